The summed E-state index contributed by atoms with van der Waals surface area (Å²) in [6.07, 6.45) is 35.6. The second-order valence-corrected chi connectivity index (χ2v) is 12.1. The van der Waals surface area contributed by atoms with Gasteiger partial charge in [0.05, 0.1) is 18.8 Å². The maximum absolute atomic E-state index is 12.5. The Morgan fingerprint density at radius 3 is 1.44 bits per heavy atom. The van der Waals surface area contributed by atoms with Crippen LogP contribution < -0.4 is 5.32 Å². The van der Waals surface area contributed by atoms with Gasteiger partial charge in [-0.15, -0.1) is 0 Å². The molecule has 0 aliphatic carbocycles. The summed E-state index contributed by atoms with van der Waals surface area (Å²) in [6, 6.07) is -0.628. The summed E-state index contributed by atoms with van der Waals surface area (Å²) < 4.78 is 0. The lowest BCUT2D eigenvalue weighted by molar-refractivity contribution is -0.126. The van der Waals surface area contributed by atoms with Gasteiger partial charge < -0.3 is 15.5 Å². The number of carbonyl (C=O) groups excluding carboxylic acids is 1. The highest BCUT2D eigenvalue weighted by molar-refractivity contribution is 5.78. The monoisotopic (exact) mass is 552 g/mol. The molecule has 0 fully saturated rings. The summed E-state index contributed by atoms with van der Waals surface area (Å²) in [4.78, 5) is 12.5. The van der Waals surface area contributed by atoms with Crippen LogP contribution in [-0.4, -0.2) is 34.9 Å². The lowest BCUT2D eigenvalue weighted by atomic mass is 9.99. The number of aliphatic hydroxyl groups excluding tert-OH is 2. The van der Waals surface area contributed by atoms with Gasteiger partial charge >= 0.3 is 0 Å². The predicted octanol–water partition coefficient (Wildman–Crippen LogP) is 9.81. The quantitative estimate of drug-likeness (QED) is 0.0614. The average Bonchev–Trinajstić information content (AvgIpc) is 2.94. The molecule has 0 aliphatic rings. The van der Waals surface area contributed by atoms with E-state index in [1.807, 2.05) is 13.0 Å². The Labute approximate surface area is 244 Å². The Kier molecular flexibility index (Phi) is 29.4. The topological polar surface area (TPSA) is 69.6 Å². The Morgan fingerprint density at radius 2 is 1.03 bits per heavy atom. The van der Waals surface area contributed by atoms with Crippen LogP contribution in [0, 0.1) is 5.92 Å². The van der Waals surface area contributed by atoms with Crippen LogP contribution in [0.15, 0.2) is 12.2 Å². The van der Waals surface area contributed by atoms with Crippen molar-refractivity contribution in [3.05, 3.63) is 12.2 Å². The largest absolute Gasteiger partial charge is 0.394 e. The van der Waals surface area contributed by atoms with Gasteiger partial charge in [-0.1, -0.05) is 174 Å². The van der Waals surface area contributed by atoms with Crippen molar-refractivity contribution in [1.29, 1.82) is 0 Å². The minimum absolute atomic E-state index is 0.0645. The first kappa shape index (κ1) is 38.1. The number of unbranched alkanes of at least 4 members (excludes halogenated alkanes) is 22. The first-order valence-corrected chi connectivity index (χ1v) is 17.3. The van der Waals surface area contributed by atoms with Crippen molar-refractivity contribution in [3.63, 3.8) is 0 Å². The second-order valence-electron chi connectivity index (χ2n) is 12.1. The van der Waals surface area contributed by atoms with Crippen LogP contribution in [-0.2, 0) is 4.79 Å². The maximum atomic E-state index is 12.5. The molecule has 0 aliphatic heterocycles. The molecular weight excluding hydrogens is 482 g/mol. The molecule has 39 heavy (non-hydrogen) atoms. The molecule has 0 aromatic rings. The molecule has 1 amide bonds. The molecule has 0 bridgehead atoms. The third kappa shape index (κ3) is 25.8. The Balaban J connectivity index is 3.55. The van der Waals surface area contributed by atoms with Crippen LogP contribution in [0.5, 0.6) is 0 Å². The molecule has 0 saturated heterocycles. The molecule has 4 nitrogen and oxygen atoms in total. The van der Waals surface area contributed by atoms with E-state index in [0.717, 1.165) is 25.7 Å². The highest BCUT2D eigenvalue weighted by Crippen LogP contribution is 2.16. The highest BCUT2D eigenvalue weighted by Gasteiger charge is 2.21. The summed E-state index contributed by atoms with van der Waals surface area (Å²) >= 11 is 0. The highest BCUT2D eigenvalue weighted by atomic mass is 16.3. The zero-order valence-corrected chi connectivity index (χ0v) is 26.6. The molecule has 0 spiro atoms. The normalized spacial score (nSPS) is 14.1. The minimum atomic E-state index is -0.840. The molecule has 3 atom stereocenters. The fourth-order valence-corrected chi connectivity index (χ4v) is 5.28. The third-order valence-corrected chi connectivity index (χ3v) is 8.18. The number of hydrogen-bond acceptors (Lipinski definition) is 3. The molecular formula is C35H69NO3. The summed E-state index contributed by atoms with van der Waals surface area (Å²) in [5, 5.41) is 22.7. The zero-order valence-electron chi connectivity index (χ0n) is 26.6. The Morgan fingerprint density at radius 1 is 0.641 bits per heavy atom. The lowest BCUT2D eigenvalue weighted by Gasteiger charge is -2.22. The van der Waals surface area contributed by atoms with E-state index < -0.39 is 12.1 Å². The number of hydrogen-bond donors (Lipinski definition) is 3. The standard InChI is InChI=1S/C35H69NO3/c1-4-6-8-10-11-12-13-14-15-16-17-18-19-20-21-22-23-24-26-27-29-32(3)35(39)36-33(31-37)34(38)30-28-25-9-7-5-2/h28,30,32-34,37-38H,4-27,29,31H2,1-3H3,(H,36,39)/b30-28+. The van der Waals surface area contributed by atoms with Crippen LogP contribution in [0.2, 0.25) is 0 Å². The third-order valence-electron chi connectivity index (χ3n) is 8.18. The van der Waals surface area contributed by atoms with Gasteiger partial charge in [-0.2, -0.15) is 0 Å². The van der Waals surface area contributed by atoms with Gasteiger partial charge in [-0.3, -0.25) is 4.79 Å². The SMILES string of the molecule is CCCCC/C=C/C(O)C(CO)NC(=O)C(C)CCCCCCCCCCCCCCCCCCCCCC. The molecule has 0 rings (SSSR count). The molecule has 232 valence electrons. The molecule has 0 radical (unpaired) electrons. The van der Waals surface area contributed by atoms with E-state index in [9.17, 15) is 15.0 Å². The maximum Gasteiger partial charge on any atom is 0.223 e. The second kappa shape index (κ2) is 30.1. The summed E-state index contributed by atoms with van der Waals surface area (Å²) in [5.41, 5.74) is 0. The Hall–Kier alpha value is -0.870. The first-order chi connectivity index (χ1) is 19.1. The van der Waals surface area contributed by atoms with Crippen LogP contribution >= 0.6 is 0 Å². The Bertz CT molecular complexity index is 536. The van der Waals surface area contributed by atoms with Gasteiger partial charge in [0.2, 0.25) is 5.91 Å². The molecule has 0 saturated carbocycles. The van der Waals surface area contributed by atoms with Crippen molar-refractivity contribution in [2.45, 2.75) is 193 Å². The molecule has 4 heteroatoms. The van der Waals surface area contributed by atoms with Crippen molar-refractivity contribution in [1.82, 2.24) is 5.32 Å². The predicted molar refractivity (Wildman–Crippen MR) is 170 cm³/mol. The van der Waals surface area contributed by atoms with Crippen molar-refractivity contribution < 1.29 is 15.0 Å². The van der Waals surface area contributed by atoms with Gasteiger partial charge in [0.1, 0.15) is 0 Å². The van der Waals surface area contributed by atoms with E-state index >= 15 is 0 Å². The van der Waals surface area contributed by atoms with Gasteiger partial charge in [-0.25, -0.2) is 0 Å². The molecule has 0 heterocycles. The van der Waals surface area contributed by atoms with Crippen LogP contribution in [0.1, 0.15) is 181 Å². The number of carbonyl (C=O) groups is 1. The molecule has 0 aromatic heterocycles. The number of aliphatic hydroxyl groups is 2. The summed E-state index contributed by atoms with van der Waals surface area (Å²) in [5.74, 6) is -0.152. The van der Waals surface area contributed by atoms with E-state index in [-0.39, 0.29) is 18.4 Å². The fraction of sp³-hybridized carbons (Fsp3) is 0.914. The van der Waals surface area contributed by atoms with Gasteiger partial charge in [0, 0.05) is 5.92 Å². The number of nitrogens with one attached hydrogen (secondary N) is 1. The summed E-state index contributed by atoms with van der Waals surface area (Å²) in [6.45, 7) is 6.15. The smallest absolute Gasteiger partial charge is 0.223 e. The van der Waals surface area contributed by atoms with Crippen molar-refractivity contribution in [2.24, 2.45) is 5.92 Å². The van der Waals surface area contributed by atoms with Crippen LogP contribution in [0.4, 0.5) is 0 Å². The zero-order chi connectivity index (χ0) is 28.8. The van der Waals surface area contributed by atoms with E-state index in [1.165, 1.54) is 135 Å². The van der Waals surface area contributed by atoms with Gasteiger partial charge in [-0.05, 0) is 19.3 Å². The minimum Gasteiger partial charge on any atom is -0.394 e. The number of allylic oxidation sites excluding steroid dienone is 1. The van der Waals surface area contributed by atoms with Crippen LogP contribution in [0.3, 0.4) is 0 Å². The van der Waals surface area contributed by atoms with E-state index in [1.54, 1.807) is 6.08 Å². The fourth-order valence-electron chi connectivity index (χ4n) is 5.28. The number of amides is 1. The average molecular weight is 552 g/mol. The van der Waals surface area contributed by atoms with Crippen LogP contribution in [0.25, 0.3) is 0 Å². The van der Waals surface area contributed by atoms with Crippen molar-refractivity contribution >= 4 is 5.91 Å². The molecule has 0 aromatic carbocycles. The first-order valence-electron chi connectivity index (χ1n) is 17.3. The van der Waals surface area contributed by atoms with Crippen molar-refractivity contribution in [3.8, 4) is 0 Å². The van der Waals surface area contributed by atoms with E-state index in [0.29, 0.717) is 0 Å². The van der Waals surface area contributed by atoms with E-state index in [4.69, 9.17) is 0 Å². The summed E-state index contributed by atoms with van der Waals surface area (Å²) in [7, 11) is 0. The van der Waals surface area contributed by atoms with Gasteiger partial charge in [0.15, 0.2) is 0 Å². The lowest BCUT2D eigenvalue weighted by Crippen LogP contribution is -2.46. The molecule has 3 N–H and O–H groups in total. The number of rotatable bonds is 30. The van der Waals surface area contributed by atoms with Gasteiger partial charge in [0.25, 0.3) is 0 Å². The molecule has 3 unspecified atom stereocenters. The van der Waals surface area contributed by atoms with Crippen molar-refractivity contribution in [2.75, 3.05) is 6.61 Å². The van der Waals surface area contributed by atoms with E-state index in [2.05, 4.69) is 19.2 Å².